The summed E-state index contributed by atoms with van der Waals surface area (Å²) < 4.78 is 27.2. The lowest BCUT2D eigenvalue weighted by atomic mass is 10.3. The molecule has 0 saturated carbocycles. The molecule has 1 saturated heterocycles. The number of rotatable bonds is 3. The van der Waals surface area contributed by atoms with Crippen molar-refractivity contribution in [1.29, 1.82) is 0 Å². The Morgan fingerprint density at radius 2 is 2.35 bits per heavy atom. The van der Waals surface area contributed by atoms with E-state index in [2.05, 4.69) is 26.4 Å². The van der Waals surface area contributed by atoms with Crippen molar-refractivity contribution in [1.82, 2.24) is 14.6 Å². The molecule has 0 radical (unpaired) electrons. The van der Waals surface area contributed by atoms with Crippen LogP contribution >= 0.6 is 0 Å². The molecule has 7 heteroatoms. The van der Waals surface area contributed by atoms with E-state index in [0.717, 1.165) is 13.0 Å². The molecule has 1 unspecified atom stereocenters. The lowest BCUT2D eigenvalue weighted by Gasteiger charge is -2.13. The maximum atomic E-state index is 12.3. The highest BCUT2D eigenvalue weighted by molar-refractivity contribution is 7.89. The molecule has 1 fully saturated rings. The van der Waals surface area contributed by atoms with E-state index in [1.807, 2.05) is 7.05 Å². The van der Waals surface area contributed by atoms with E-state index >= 15 is 0 Å². The first-order chi connectivity index (χ1) is 9.51. The van der Waals surface area contributed by atoms with Crippen LogP contribution in [0.5, 0.6) is 0 Å². The van der Waals surface area contributed by atoms with Gasteiger partial charge >= 0.3 is 0 Å². The van der Waals surface area contributed by atoms with Crippen LogP contribution in [0.3, 0.4) is 0 Å². The highest BCUT2D eigenvalue weighted by atomic mass is 32.2. The van der Waals surface area contributed by atoms with Crippen LogP contribution in [-0.4, -0.2) is 56.2 Å². The molecule has 0 spiro atoms. The standard InChI is InChI=1S/C13H17N3O3S/c1-16-5-4-12(10-16)15-20(18,19)13-7-11(3-2-6-17)8-14-9-13/h7-9,12,15,17H,4-6,10H2,1H3. The largest absolute Gasteiger partial charge is 0.384 e. The molecule has 2 N–H and O–H groups in total. The number of hydrogen-bond donors (Lipinski definition) is 2. The first-order valence-electron chi connectivity index (χ1n) is 6.27. The number of aromatic nitrogens is 1. The average Bonchev–Trinajstić information content (AvgIpc) is 2.81. The number of aliphatic hydroxyl groups is 1. The molecule has 0 amide bonds. The van der Waals surface area contributed by atoms with Crippen molar-refractivity contribution < 1.29 is 13.5 Å². The minimum Gasteiger partial charge on any atom is -0.384 e. The van der Waals surface area contributed by atoms with Gasteiger partial charge in [-0.1, -0.05) is 11.8 Å². The van der Waals surface area contributed by atoms with Gasteiger partial charge in [-0.15, -0.1) is 0 Å². The van der Waals surface area contributed by atoms with Crippen molar-refractivity contribution in [3.63, 3.8) is 0 Å². The molecule has 1 aliphatic heterocycles. The third-order valence-electron chi connectivity index (χ3n) is 3.05. The smallest absolute Gasteiger partial charge is 0.242 e. The second-order valence-electron chi connectivity index (χ2n) is 4.74. The van der Waals surface area contributed by atoms with Gasteiger partial charge in [0.2, 0.25) is 10.0 Å². The fraction of sp³-hybridized carbons (Fsp3) is 0.462. The number of sulfonamides is 1. The van der Waals surface area contributed by atoms with E-state index in [1.165, 1.54) is 18.5 Å². The van der Waals surface area contributed by atoms with E-state index in [0.29, 0.717) is 12.1 Å². The van der Waals surface area contributed by atoms with Gasteiger partial charge in [0.15, 0.2) is 0 Å². The summed E-state index contributed by atoms with van der Waals surface area (Å²) in [5.74, 6) is 5.11. The molecule has 108 valence electrons. The monoisotopic (exact) mass is 295 g/mol. The Morgan fingerprint density at radius 1 is 1.55 bits per heavy atom. The predicted octanol–water partition coefficient (Wildman–Crippen LogP) is -0.592. The average molecular weight is 295 g/mol. The van der Waals surface area contributed by atoms with Crippen molar-refractivity contribution in [3.05, 3.63) is 24.0 Å². The maximum Gasteiger partial charge on any atom is 0.242 e. The van der Waals surface area contributed by atoms with Crippen molar-refractivity contribution in [3.8, 4) is 11.8 Å². The number of likely N-dealkylation sites (N-methyl/N-ethyl adjacent to an activating group) is 1. The van der Waals surface area contributed by atoms with Crippen molar-refractivity contribution in [2.24, 2.45) is 0 Å². The second kappa shape index (κ2) is 6.33. The fourth-order valence-corrected chi connectivity index (χ4v) is 3.34. The van der Waals surface area contributed by atoms with Crippen LogP contribution in [0.4, 0.5) is 0 Å². The van der Waals surface area contributed by atoms with E-state index in [-0.39, 0.29) is 17.5 Å². The number of likely N-dealkylation sites (tertiary alicyclic amines) is 1. The second-order valence-corrected chi connectivity index (χ2v) is 6.45. The number of hydrogen-bond acceptors (Lipinski definition) is 5. The van der Waals surface area contributed by atoms with E-state index < -0.39 is 10.0 Å². The molecular weight excluding hydrogens is 278 g/mol. The van der Waals surface area contributed by atoms with Crippen LogP contribution in [0, 0.1) is 11.8 Å². The van der Waals surface area contributed by atoms with Crippen LogP contribution in [0.15, 0.2) is 23.4 Å². The van der Waals surface area contributed by atoms with Crippen LogP contribution in [0.25, 0.3) is 0 Å². The molecule has 1 aromatic heterocycles. The Balaban J connectivity index is 2.16. The lowest BCUT2D eigenvalue weighted by molar-refractivity contribution is 0.350. The van der Waals surface area contributed by atoms with Crippen LogP contribution in [-0.2, 0) is 10.0 Å². The fourth-order valence-electron chi connectivity index (χ4n) is 2.09. The van der Waals surface area contributed by atoms with Gasteiger partial charge in [0.05, 0.1) is 0 Å². The van der Waals surface area contributed by atoms with Gasteiger partial charge in [0, 0.05) is 30.5 Å². The van der Waals surface area contributed by atoms with Gasteiger partial charge < -0.3 is 10.0 Å². The Bertz CT molecular complexity index is 634. The zero-order valence-electron chi connectivity index (χ0n) is 11.2. The summed E-state index contributed by atoms with van der Waals surface area (Å²) in [7, 11) is -1.62. The van der Waals surface area contributed by atoms with Crippen LogP contribution in [0.1, 0.15) is 12.0 Å². The van der Waals surface area contributed by atoms with Gasteiger partial charge in [-0.25, -0.2) is 13.1 Å². The predicted molar refractivity (Wildman–Crippen MR) is 74.4 cm³/mol. The topological polar surface area (TPSA) is 82.5 Å². The van der Waals surface area contributed by atoms with Crippen molar-refractivity contribution in [2.45, 2.75) is 17.4 Å². The minimum absolute atomic E-state index is 0.0721. The van der Waals surface area contributed by atoms with Crippen molar-refractivity contribution in [2.75, 3.05) is 26.7 Å². The molecule has 20 heavy (non-hydrogen) atoms. The van der Waals surface area contributed by atoms with E-state index in [1.54, 1.807) is 0 Å². The molecule has 1 aromatic rings. The van der Waals surface area contributed by atoms with Gasteiger partial charge in [0.1, 0.15) is 11.5 Å². The van der Waals surface area contributed by atoms with E-state index in [4.69, 9.17) is 5.11 Å². The number of aliphatic hydroxyl groups excluding tert-OH is 1. The first-order valence-corrected chi connectivity index (χ1v) is 7.75. The van der Waals surface area contributed by atoms with Gasteiger partial charge in [-0.05, 0) is 26.1 Å². The Hall–Kier alpha value is -1.46. The minimum atomic E-state index is -3.58. The van der Waals surface area contributed by atoms with Crippen LogP contribution < -0.4 is 4.72 Å². The molecule has 0 aromatic carbocycles. The number of nitrogens with one attached hydrogen (secondary N) is 1. The van der Waals surface area contributed by atoms with Gasteiger partial charge in [-0.3, -0.25) is 4.98 Å². The zero-order valence-corrected chi connectivity index (χ0v) is 12.0. The summed E-state index contributed by atoms with van der Waals surface area (Å²) in [5, 5.41) is 8.64. The molecule has 6 nitrogen and oxygen atoms in total. The molecule has 0 bridgehead atoms. The summed E-state index contributed by atoms with van der Waals surface area (Å²) in [6.07, 6.45) is 3.56. The maximum absolute atomic E-state index is 12.3. The Kier molecular flexibility index (Phi) is 4.73. The van der Waals surface area contributed by atoms with Gasteiger partial charge in [0.25, 0.3) is 0 Å². The molecular formula is C13H17N3O3S. The number of pyridine rings is 1. The van der Waals surface area contributed by atoms with Crippen molar-refractivity contribution >= 4 is 10.0 Å². The molecule has 2 heterocycles. The molecule has 2 rings (SSSR count). The lowest BCUT2D eigenvalue weighted by Crippen LogP contribution is -2.36. The summed E-state index contributed by atoms with van der Waals surface area (Å²) >= 11 is 0. The van der Waals surface area contributed by atoms with E-state index in [9.17, 15) is 8.42 Å². The highest BCUT2D eigenvalue weighted by Crippen LogP contribution is 2.13. The summed E-state index contributed by atoms with van der Waals surface area (Å²) in [4.78, 5) is 6.05. The summed E-state index contributed by atoms with van der Waals surface area (Å²) in [6.45, 7) is 1.31. The van der Waals surface area contributed by atoms with Gasteiger partial charge in [-0.2, -0.15) is 0 Å². The Morgan fingerprint density at radius 3 is 3.00 bits per heavy atom. The third kappa shape index (κ3) is 3.77. The SMILES string of the molecule is CN1CCC(NS(=O)(=O)c2cncc(C#CCO)c2)C1. The molecule has 1 atom stereocenters. The van der Waals surface area contributed by atoms with Crippen LogP contribution in [0.2, 0.25) is 0 Å². The normalized spacial score (nSPS) is 19.6. The molecule has 0 aliphatic carbocycles. The quantitative estimate of drug-likeness (QED) is 0.728. The molecule has 1 aliphatic rings. The third-order valence-corrected chi connectivity index (χ3v) is 4.54. The first kappa shape index (κ1) is 14.9. The summed E-state index contributed by atoms with van der Waals surface area (Å²) in [6, 6.07) is 1.38. The Labute approximate surface area is 118 Å². The number of nitrogens with zero attached hydrogens (tertiary/aromatic N) is 2. The zero-order chi connectivity index (χ0) is 14.6. The summed E-state index contributed by atoms with van der Waals surface area (Å²) in [5.41, 5.74) is 0.463. The highest BCUT2D eigenvalue weighted by Gasteiger charge is 2.25.